The smallest absolute Gasteiger partial charge is 0.317 e. The van der Waals surface area contributed by atoms with Crippen LogP contribution in [0.3, 0.4) is 0 Å². The van der Waals surface area contributed by atoms with E-state index in [0.29, 0.717) is 24.9 Å². The van der Waals surface area contributed by atoms with Gasteiger partial charge in [0.2, 0.25) is 0 Å². The van der Waals surface area contributed by atoms with Crippen LogP contribution in [0.2, 0.25) is 0 Å². The molecule has 2 fully saturated rings. The van der Waals surface area contributed by atoms with Crippen LogP contribution in [0.4, 0.5) is 4.79 Å². The van der Waals surface area contributed by atoms with Gasteiger partial charge in [0.05, 0.1) is 6.04 Å². The molecule has 14 heavy (non-hydrogen) atoms. The van der Waals surface area contributed by atoms with Gasteiger partial charge in [-0.05, 0) is 25.2 Å². The maximum absolute atomic E-state index is 11.5. The number of amides is 2. The Morgan fingerprint density at radius 2 is 2.29 bits per heavy atom. The molecule has 0 spiro atoms. The topological polar surface area (TPSA) is 52.6 Å². The Morgan fingerprint density at radius 3 is 2.86 bits per heavy atom. The van der Waals surface area contributed by atoms with E-state index in [1.807, 2.05) is 4.90 Å². The molecule has 0 radical (unpaired) electrons. The molecule has 2 amide bonds. The lowest BCUT2D eigenvalue weighted by atomic mass is 9.80. The highest BCUT2D eigenvalue weighted by Crippen LogP contribution is 2.31. The van der Waals surface area contributed by atoms with Crippen molar-refractivity contribution in [2.45, 2.75) is 31.7 Å². The number of hydrogen-bond acceptors (Lipinski definition) is 2. The van der Waals surface area contributed by atoms with Crippen LogP contribution in [0, 0.1) is 5.92 Å². The molecule has 80 valence electrons. The summed E-state index contributed by atoms with van der Waals surface area (Å²) in [5, 5.41) is 11.7. The van der Waals surface area contributed by atoms with Gasteiger partial charge in [0.25, 0.3) is 0 Å². The number of aliphatic hydroxyl groups is 1. The molecule has 2 rings (SSSR count). The first-order chi connectivity index (χ1) is 6.81. The highest BCUT2D eigenvalue weighted by atomic mass is 16.3. The summed E-state index contributed by atoms with van der Waals surface area (Å²) in [7, 11) is 0. The fraction of sp³-hybridized carbons (Fsp3) is 0.900. The van der Waals surface area contributed by atoms with Crippen LogP contribution >= 0.6 is 0 Å². The Hall–Kier alpha value is -0.770. The van der Waals surface area contributed by atoms with Crippen molar-refractivity contribution in [2.24, 2.45) is 5.92 Å². The third kappa shape index (κ3) is 1.85. The van der Waals surface area contributed by atoms with Gasteiger partial charge < -0.3 is 15.3 Å². The lowest BCUT2D eigenvalue weighted by molar-refractivity contribution is 0.207. The largest absolute Gasteiger partial charge is 0.396 e. The standard InChI is InChI=1S/C10H18N2O2/c13-6-2-5-12-7-9(11-10(12)14)8-3-1-4-8/h8-9,13H,1-7H2,(H,11,14). The Kier molecular flexibility index (Phi) is 2.91. The zero-order chi connectivity index (χ0) is 9.97. The number of nitrogens with zero attached hydrogens (tertiary/aromatic N) is 1. The molecule has 2 aliphatic rings. The van der Waals surface area contributed by atoms with Crippen LogP contribution in [0.15, 0.2) is 0 Å². The number of hydrogen-bond donors (Lipinski definition) is 2. The molecule has 1 aliphatic carbocycles. The van der Waals surface area contributed by atoms with Crippen LogP contribution < -0.4 is 5.32 Å². The lowest BCUT2D eigenvalue weighted by Crippen LogP contribution is -2.37. The minimum Gasteiger partial charge on any atom is -0.396 e. The molecule has 0 bridgehead atoms. The molecule has 0 aromatic carbocycles. The summed E-state index contributed by atoms with van der Waals surface area (Å²) in [6.07, 6.45) is 4.52. The van der Waals surface area contributed by atoms with Gasteiger partial charge in [-0.1, -0.05) is 6.42 Å². The number of carbonyl (C=O) groups is 1. The molecule has 0 aromatic rings. The molecule has 4 nitrogen and oxygen atoms in total. The van der Waals surface area contributed by atoms with E-state index in [4.69, 9.17) is 5.11 Å². The van der Waals surface area contributed by atoms with Crippen molar-refractivity contribution in [3.05, 3.63) is 0 Å². The molecule has 1 atom stereocenters. The third-order valence-corrected chi connectivity index (χ3v) is 3.32. The fourth-order valence-electron chi connectivity index (χ4n) is 2.18. The molecule has 1 saturated heterocycles. The fourth-order valence-corrected chi connectivity index (χ4v) is 2.18. The van der Waals surface area contributed by atoms with Gasteiger partial charge in [-0.15, -0.1) is 0 Å². The minimum absolute atomic E-state index is 0.0513. The average molecular weight is 198 g/mol. The van der Waals surface area contributed by atoms with E-state index in [-0.39, 0.29) is 12.6 Å². The maximum atomic E-state index is 11.5. The monoisotopic (exact) mass is 198 g/mol. The summed E-state index contributed by atoms with van der Waals surface area (Å²) < 4.78 is 0. The van der Waals surface area contributed by atoms with Gasteiger partial charge >= 0.3 is 6.03 Å². The van der Waals surface area contributed by atoms with Crippen molar-refractivity contribution in [1.82, 2.24) is 10.2 Å². The molecule has 1 aliphatic heterocycles. The number of carbonyl (C=O) groups excluding carboxylic acids is 1. The molecule has 4 heteroatoms. The molecule has 2 N–H and O–H groups in total. The molecular formula is C10H18N2O2. The van der Waals surface area contributed by atoms with E-state index < -0.39 is 0 Å². The van der Waals surface area contributed by atoms with E-state index in [2.05, 4.69) is 5.32 Å². The Morgan fingerprint density at radius 1 is 1.50 bits per heavy atom. The Bertz CT molecular complexity index is 216. The second kappa shape index (κ2) is 4.17. The zero-order valence-electron chi connectivity index (χ0n) is 8.41. The molecule has 1 unspecified atom stereocenters. The normalized spacial score (nSPS) is 27.6. The van der Waals surface area contributed by atoms with Gasteiger partial charge in [-0.25, -0.2) is 4.79 Å². The van der Waals surface area contributed by atoms with Crippen molar-refractivity contribution >= 4 is 6.03 Å². The van der Waals surface area contributed by atoms with E-state index in [0.717, 1.165) is 6.54 Å². The van der Waals surface area contributed by atoms with E-state index in [1.54, 1.807) is 0 Å². The highest BCUT2D eigenvalue weighted by Gasteiger charge is 2.36. The number of urea groups is 1. The Labute approximate surface area is 84.3 Å². The summed E-state index contributed by atoms with van der Waals surface area (Å²) in [4.78, 5) is 13.3. The van der Waals surface area contributed by atoms with Gasteiger partial charge in [-0.3, -0.25) is 0 Å². The molecular weight excluding hydrogens is 180 g/mol. The predicted molar refractivity (Wildman–Crippen MR) is 52.9 cm³/mol. The van der Waals surface area contributed by atoms with Crippen LogP contribution in [-0.4, -0.2) is 41.8 Å². The second-order valence-corrected chi connectivity index (χ2v) is 4.27. The van der Waals surface area contributed by atoms with Gasteiger partial charge in [0.15, 0.2) is 0 Å². The number of aliphatic hydroxyl groups excluding tert-OH is 1. The first-order valence-corrected chi connectivity index (χ1v) is 5.47. The lowest BCUT2D eigenvalue weighted by Gasteiger charge is -2.30. The van der Waals surface area contributed by atoms with E-state index >= 15 is 0 Å². The van der Waals surface area contributed by atoms with Crippen LogP contribution in [0.25, 0.3) is 0 Å². The summed E-state index contributed by atoms with van der Waals surface area (Å²) in [5.41, 5.74) is 0. The molecule has 1 saturated carbocycles. The van der Waals surface area contributed by atoms with Gasteiger partial charge in [0.1, 0.15) is 0 Å². The van der Waals surface area contributed by atoms with Crippen LogP contribution in [0.1, 0.15) is 25.7 Å². The quantitative estimate of drug-likeness (QED) is 0.693. The van der Waals surface area contributed by atoms with Crippen LogP contribution in [-0.2, 0) is 0 Å². The second-order valence-electron chi connectivity index (χ2n) is 4.27. The summed E-state index contributed by atoms with van der Waals surface area (Å²) in [6.45, 7) is 1.69. The van der Waals surface area contributed by atoms with Crippen molar-refractivity contribution in [3.63, 3.8) is 0 Å². The average Bonchev–Trinajstić information content (AvgIpc) is 2.40. The summed E-state index contributed by atoms with van der Waals surface area (Å²) >= 11 is 0. The maximum Gasteiger partial charge on any atom is 0.317 e. The number of rotatable bonds is 4. The van der Waals surface area contributed by atoms with E-state index in [9.17, 15) is 4.79 Å². The van der Waals surface area contributed by atoms with E-state index in [1.165, 1.54) is 19.3 Å². The predicted octanol–water partition coefficient (Wildman–Crippen LogP) is 0.563. The summed E-state index contributed by atoms with van der Waals surface area (Å²) in [6, 6.07) is 0.422. The summed E-state index contributed by atoms with van der Waals surface area (Å²) in [5.74, 6) is 0.707. The Balaban J connectivity index is 1.80. The van der Waals surface area contributed by atoms with Crippen LogP contribution in [0.5, 0.6) is 0 Å². The van der Waals surface area contributed by atoms with Crippen molar-refractivity contribution in [2.75, 3.05) is 19.7 Å². The van der Waals surface area contributed by atoms with Gasteiger partial charge in [0, 0.05) is 19.7 Å². The SMILES string of the molecule is O=C1NC(C2CCC2)CN1CCCO. The van der Waals surface area contributed by atoms with Crippen molar-refractivity contribution < 1.29 is 9.90 Å². The molecule has 0 aromatic heterocycles. The van der Waals surface area contributed by atoms with Crippen molar-refractivity contribution in [1.29, 1.82) is 0 Å². The first-order valence-electron chi connectivity index (χ1n) is 5.47. The molecule has 1 heterocycles. The van der Waals surface area contributed by atoms with Crippen molar-refractivity contribution in [3.8, 4) is 0 Å². The minimum atomic E-state index is 0.0513. The first kappa shape index (κ1) is 9.77. The third-order valence-electron chi connectivity index (χ3n) is 3.32. The number of nitrogens with one attached hydrogen (secondary N) is 1. The van der Waals surface area contributed by atoms with Gasteiger partial charge in [-0.2, -0.15) is 0 Å². The highest BCUT2D eigenvalue weighted by molar-refractivity contribution is 5.76. The zero-order valence-corrected chi connectivity index (χ0v) is 8.41.